The summed E-state index contributed by atoms with van der Waals surface area (Å²) < 4.78 is 3.94. The fourth-order valence-electron chi connectivity index (χ4n) is 3.72. The van der Waals surface area contributed by atoms with Crippen LogP contribution in [-0.2, 0) is 13.1 Å². The summed E-state index contributed by atoms with van der Waals surface area (Å²) in [5.74, 6) is 0.868. The Balaban J connectivity index is 1.53. The Hall–Kier alpha value is -2.67. The van der Waals surface area contributed by atoms with E-state index in [1.807, 2.05) is 4.52 Å². The van der Waals surface area contributed by atoms with Crippen molar-refractivity contribution in [3.8, 4) is 0 Å². The SMILES string of the molecule is CN1CCn2nc(Nc3cc(C4=CCCC4)cn4ncnc34)cc2C1. The lowest BCUT2D eigenvalue weighted by Crippen LogP contribution is -2.30. The first-order chi connectivity index (χ1) is 12.3. The lowest BCUT2D eigenvalue weighted by atomic mass is 10.1. The van der Waals surface area contributed by atoms with Crippen molar-refractivity contribution in [2.75, 3.05) is 18.9 Å². The van der Waals surface area contributed by atoms with E-state index in [9.17, 15) is 0 Å². The summed E-state index contributed by atoms with van der Waals surface area (Å²) in [5.41, 5.74) is 5.62. The van der Waals surface area contributed by atoms with E-state index in [1.165, 1.54) is 23.3 Å². The van der Waals surface area contributed by atoms with Crippen molar-refractivity contribution < 1.29 is 0 Å². The number of pyridine rings is 1. The maximum atomic E-state index is 4.71. The molecule has 2 aliphatic rings. The Kier molecular flexibility index (Phi) is 3.34. The zero-order chi connectivity index (χ0) is 16.8. The van der Waals surface area contributed by atoms with Crippen LogP contribution in [0.3, 0.4) is 0 Å². The first-order valence-corrected chi connectivity index (χ1v) is 8.81. The Morgan fingerprint density at radius 2 is 2.16 bits per heavy atom. The van der Waals surface area contributed by atoms with Gasteiger partial charge in [-0.2, -0.15) is 10.2 Å². The first kappa shape index (κ1) is 14.7. The number of anilines is 2. The molecule has 0 aromatic carbocycles. The van der Waals surface area contributed by atoms with E-state index in [2.05, 4.69) is 56.4 Å². The van der Waals surface area contributed by atoms with E-state index in [-0.39, 0.29) is 0 Å². The minimum atomic E-state index is 0.824. The van der Waals surface area contributed by atoms with Crippen molar-refractivity contribution in [2.24, 2.45) is 0 Å². The molecule has 5 rings (SSSR count). The standard InChI is InChI=1S/C18H21N7/c1-23-6-7-24-15(11-23)9-17(22-24)21-16-8-14(13-4-2-3-5-13)10-25-18(16)19-12-20-25/h4,8-10,12H,2-3,5-7,11H2,1H3,(H,21,22). The second-order valence-electron chi connectivity index (χ2n) is 6.90. The maximum absolute atomic E-state index is 4.71. The molecule has 0 saturated heterocycles. The molecule has 0 bridgehead atoms. The zero-order valence-corrected chi connectivity index (χ0v) is 14.3. The fourth-order valence-corrected chi connectivity index (χ4v) is 3.72. The normalized spacial score (nSPS) is 17.7. The quantitative estimate of drug-likeness (QED) is 0.797. The lowest BCUT2D eigenvalue weighted by molar-refractivity contribution is 0.259. The van der Waals surface area contributed by atoms with E-state index in [4.69, 9.17) is 5.10 Å². The highest BCUT2D eigenvalue weighted by Crippen LogP contribution is 2.31. The number of fused-ring (bicyclic) bond motifs is 2. The van der Waals surface area contributed by atoms with Crippen LogP contribution in [0.25, 0.3) is 11.2 Å². The molecule has 3 aromatic rings. The van der Waals surface area contributed by atoms with Gasteiger partial charge < -0.3 is 5.32 Å². The van der Waals surface area contributed by atoms with Crippen LogP contribution in [0, 0.1) is 0 Å². The highest BCUT2D eigenvalue weighted by molar-refractivity contribution is 5.78. The summed E-state index contributed by atoms with van der Waals surface area (Å²) >= 11 is 0. The Labute approximate surface area is 146 Å². The molecule has 0 atom stereocenters. The summed E-state index contributed by atoms with van der Waals surface area (Å²) in [6, 6.07) is 4.30. The highest BCUT2D eigenvalue weighted by Gasteiger charge is 2.17. The number of allylic oxidation sites excluding steroid dienone is 2. The lowest BCUT2D eigenvalue weighted by Gasteiger charge is -2.22. The summed E-state index contributed by atoms with van der Waals surface area (Å²) in [4.78, 5) is 6.71. The van der Waals surface area contributed by atoms with Gasteiger partial charge in [0.15, 0.2) is 11.5 Å². The van der Waals surface area contributed by atoms with Gasteiger partial charge in [-0.05, 0) is 43.5 Å². The van der Waals surface area contributed by atoms with E-state index in [0.717, 1.165) is 49.6 Å². The molecule has 0 fully saturated rings. The highest BCUT2D eigenvalue weighted by atomic mass is 15.4. The van der Waals surface area contributed by atoms with Crippen molar-refractivity contribution in [1.82, 2.24) is 29.3 Å². The molecule has 4 heterocycles. The molecular formula is C18H21N7. The maximum Gasteiger partial charge on any atom is 0.178 e. The topological polar surface area (TPSA) is 63.3 Å². The third-order valence-corrected chi connectivity index (χ3v) is 5.04. The van der Waals surface area contributed by atoms with Gasteiger partial charge >= 0.3 is 0 Å². The predicted molar refractivity (Wildman–Crippen MR) is 96.7 cm³/mol. The van der Waals surface area contributed by atoms with Gasteiger partial charge in [0.25, 0.3) is 0 Å². The van der Waals surface area contributed by atoms with Crippen molar-refractivity contribution >= 4 is 22.7 Å². The summed E-state index contributed by atoms with van der Waals surface area (Å²) in [6.45, 7) is 2.90. The second kappa shape index (κ2) is 5.70. The van der Waals surface area contributed by atoms with Crippen molar-refractivity contribution in [3.63, 3.8) is 0 Å². The van der Waals surface area contributed by atoms with Gasteiger partial charge in [-0.25, -0.2) is 9.50 Å². The zero-order valence-electron chi connectivity index (χ0n) is 14.3. The molecule has 128 valence electrons. The van der Waals surface area contributed by atoms with Crippen molar-refractivity contribution in [2.45, 2.75) is 32.4 Å². The molecular weight excluding hydrogens is 314 g/mol. The largest absolute Gasteiger partial charge is 0.336 e. The van der Waals surface area contributed by atoms with Crippen molar-refractivity contribution in [3.05, 3.63) is 42.0 Å². The van der Waals surface area contributed by atoms with Crippen LogP contribution in [-0.4, -0.2) is 42.9 Å². The van der Waals surface area contributed by atoms with Crippen LogP contribution < -0.4 is 5.32 Å². The van der Waals surface area contributed by atoms with E-state index >= 15 is 0 Å². The average Bonchev–Trinajstić information content (AvgIpc) is 3.34. The first-order valence-electron chi connectivity index (χ1n) is 8.81. The third-order valence-electron chi connectivity index (χ3n) is 5.04. The molecule has 0 spiro atoms. The van der Waals surface area contributed by atoms with Crippen LogP contribution in [0.4, 0.5) is 11.5 Å². The number of hydrogen-bond acceptors (Lipinski definition) is 5. The van der Waals surface area contributed by atoms with Gasteiger partial charge in [0.2, 0.25) is 0 Å². The van der Waals surface area contributed by atoms with E-state index in [0.29, 0.717) is 0 Å². The van der Waals surface area contributed by atoms with E-state index < -0.39 is 0 Å². The molecule has 7 nitrogen and oxygen atoms in total. The molecule has 0 saturated carbocycles. The summed E-state index contributed by atoms with van der Waals surface area (Å²) in [6.07, 6.45) is 9.51. The second-order valence-corrected chi connectivity index (χ2v) is 6.90. The number of rotatable bonds is 3. The number of hydrogen-bond donors (Lipinski definition) is 1. The number of nitrogens with one attached hydrogen (secondary N) is 1. The van der Waals surface area contributed by atoms with Crippen LogP contribution in [0.1, 0.15) is 30.5 Å². The Morgan fingerprint density at radius 3 is 3.04 bits per heavy atom. The van der Waals surface area contributed by atoms with Gasteiger partial charge in [0.1, 0.15) is 6.33 Å². The third kappa shape index (κ3) is 2.60. The fraction of sp³-hybridized carbons (Fsp3) is 0.389. The molecule has 25 heavy (non-hydrogen) atoms. The van der Waals surface area contributed by atoms with Crippen LogP contribution in [0.5, 0.6) is 0 Å². The predicted octanol–water partition coefficient (Wildman–Crippen LogP) is 2.68. The minimum absolute atomic E-state index is 0.824. The number of nitrogens with zero attached hydrogens (tertiary/aromatic N) is 6. The van der Waals surface area contributed by atoms with Gasteiger partial charge in [0, 0.05) is 25.4 Å². The van der Waals surface area contributed by atoms with Crippen LogP contribution >= 0.6 is 0 Å². The summed E-state index contributed by atoms with van der Waals surface area (Å²) in [5, 5.41) is 12.5. The van der Waals surface area contributed by atoms with Crippen LogP contribution in [0.2, 0.25) is 0 Å². The molecule has 1 N–H and O–H groups in total. The Bertz CT molecular complexity index is 965. The smallest absolute Gasteiger partial charge is 0.178 e. The average molecular weight is 335 g/mol. The summed E-state index contributed by atoms with van der Waals surface area (Å²) in [7, 11) is 2.14. The monoisotopic (exact) mass is 335 g/mol. The molecule has 0 radical (unpaired) electrons. The molecule has 1 aliphatic carbocycles. The molecule has 0 amide bonds. The van der Waals surface area contributed by atoms with Crippen LogP contribution in [0.15, 0.2) is 30.7 Å². The van der Waals surface area contributed by atoms with Gasteiger partial charge in [-0.1, -0.05) is 6.08 Å². The number of aromatic nitrogens is 5. The Morgan fingerprint density at radius 1 is 1.20 bits per heavy atom. The van der Waals surface area contributed by atoms with Gasteiger partial charge in [-0.3, -0.25) is 9.58 Å². The minimum Gasteiger partial charge on any atom is -0.336 e. The van der Waals surface area contributed by atoms with Gasteiger partial charge in [0.05, 0.1) is 17.9 Å². The van der Waals surface area contributed by atoms with E-state index in [1.54, 1.807) is 6.33 Å². The molecule has 0 unspecified atom stereocenters. The molecule has 1 aliphatic heterocycles. The number of likely N-dealkylation sites (N-methyl/N-ethyl adjacent to an activating group) is 1. The van der Waals surface area contributed by atoms with Gasteiger partial charge in [-0.15, -0.1) is 0 Å². The molecule has 7 heteroatoms. The van der Waals surface area contributed by atoms with Crippen molar-refractivity contribution in [1.29, 1.82) is 0 Å². The molecule has 3 aromatic heterocycles.